The molecule has 0 aliphatic rings. The fourth-order valence-corrected chi connectivity index (χ4v) is 1.82. The summed E-state index contributed by atoms with van der Waals surface area (Å²) in [7, 11) is 0. The van der Waals surface area contributed by atoms with Crippen molar-refractivity contribution in [3.8, 4) is 0 Å². The van der Waals surface area contributed by atoms with E-state index < -0.39 is 0 Å². The first-order valence-electron chi connectivity index (χ1n) is 6.08. The number of nitrogens with one attached hydrogen (secondary N) is 1. The Balaban J connectivity index is 2.59. The van der Waals surface area contributed by atoms with Gasteiger partial charge in [0.2, 0.25) is 0 Å². The lowest BCUT2D eigenvalue weighted by Crippen LogP contribution is -2.28. The van der Waals surface area contributed by atoms with Crippen molar-refractivity contribution in [1.29, 1.82) is 0 Å². The lowest BCUT2D eigenvalue weighted by Gasteiger charge is -2.11. The van der Waals surface area contributed by atoms with Crippen molar-refractivity contribution in [3.05, 3.63) is 34.9 Å². The molecule has 0 spiro atoms. The maximum Gasteiger partial charge on any atom is 0.251 e. The van der Waals surface area contributed by atoms with E-state index in [4.69, 9.17) is 0 Å². The first-order chi connectivity index (χ1) is 8.06. The molecule has 94 valence electrons. The highest BCUT2D eigenvalue weighted by Gasteiger charge is 2.11. The minimum absolute atomic E-state index is 0.0519. The third-order valence-electron chi connectivity index (χ3n) is 2.94. The van der Waals surface area contributed by atoms with Crippen molar-refractivity contribution >= 4 is 5.91 Å². The average molecular weight is 235 g/mol. The van der Waals surface area contributed by atoms with Crippen LogP contribution in [0.2, 0.25) is 0 Å². The highest BCUT2D eigenvalue weighted by Crippen LogP contribution is 2.12. The van der Waals surface area contributed by atoms with Gasteiger partial charge in [0.25, 0.3) is 5.91 Å². The lowest BCUT2D eigenvalue weighted by molar-refractivity contribution is 0.0941. The first-order valence-corrected chi connectivity index (χ1v) is 6.08. The maximum absolute atomic E-state index is 12.0. The number of carbonyl (C=O) groups excluding carboxylic acids is 1. The number of amides is 1. The van der Waals surface area contributed by atoms with Gasteiger partial charge in [0.15, 0.2) is 0 Å². The molecular weight excluding hydrogens is 214 g/mol. The number of carbonyl (C=O) groups is 1. The van der Waals surface area contributed by atoms with Gasteiger partial charge in [-0.3, -0.25) is 4.79 Å². The van der Waals surface area contributed by atoms with Crippen molar-refractivity contribution in [2.45, 2.75) is 39.7 Å². The number of rotatable bonds is 5. The van der Waals surface area contributed by atoms with Crippen molar-refractivity contribution in [2.24, 2.45) is 0 Å². The predicted octanol–water partition coefficient (Wildman–Crippen LogP) is 2.19. The van der Waals surface area contributed by atoms with Gasteiger partial charge in [-0.25, -0.2) is 0 Å². The van der Waals surface area contributed by atoms with E-state index in [1.807, 2.05) is 39.0 Å². The molecule has 2 N–H and O–H groups in total. The molecule has 1 rings (SSSR count). The Morgan fingerprint density at radius 2 is 1.94 bits per heavy atom. The summed E-state index contributed by atoms with van der Waals surface area (Å²) in [5, 5.41) is 12.2. The van der Waals surface area contributed by atoms with E-state index in [9.17, 15) is 9.90 Å². The molecule has 1 atom stereocenters. The van der Waals surface area contributed by atoms with E-state index in [1.165, 1.54) is 0 Å². The minimum Gasteiger partial charge on any atom is -0.393 e. The Morgan fingerprint density at radius 1 is 1.35 bits per heavy atom. The number of aryl methyl sites for hydroxylation is 2. The molecule has 1 unspecified atom stereocenters. The van der Waals surface area contributed by atoms with E-state index in [0.717, 1.165) is 23.1 Å². The van der Waals surface area contributed by atoms with Gasteiger partial charge in [0, 0.05) is 12.1 Å². The standard InChI is InChI=1S/C14H21NO2/c1-4-12(16)8-9-15-14(17)13-10(2)6-5-7-11(13)3/h5-7,12,16H,4,8-9H2,1-3H3,(H,15,17). The Bertz CT molecular complexity index is 368. The molecule has 1 aromatic carbocycles. The maximum atomic E-state index is 12.0. The Morgan fingerprint density at radius 3 is 2.47 bits per heavy atom. The van der Waals surface area contributed by atoms with Crippen molar-refractivity contribution < 1.29 is 9.90 Å². The topological polar surface area (TPSA) is 49.3 Å². The van der Waals surface area contributed by atoms with Crippen LogP contribution in [-0.2, 0) is 0 Å². The number of benzene rings is 1. The second-order valence-corrected chi connectivity index (χ2v) is 4.37. The molecule has 0 aliphatic heterocycles. The van der Waals surface area contributed by atoms with Crippen LogP contribution in [0.3, 0.4) is 0 Å². The molecule has 17 heavy (non-hydrogen) atoms. The zero-order chi connectivity index (χ0) is 12.8. The Kier molecular flexibility index (Phi) is 5.16. The van der Waals surface area contributed by atoms with Crippen molar-refractivity contribution in [3.63, 3.8) is 0 Å². The van der Waals surface area contributed by atoms with E-state index >= 15 is 0 Å². The second-order valence-electron chi connectivity index (χ2n) is 4.37. The summed E-state index contributed by atoms with van der Waals surface area (Å²) in [6.07, 6.45) is 1.00. The van der Waals surface area contributed by atoms with Crippen LogP contribution in [-0.4, -0.2) is 23.7 Å². The largest absolute Gasteiger partial charge is 0.393 e. The first kappa shape index (κ1) is 13.7. The van der Waals surface area contributed by atoms with Gasteiger partial charge in [0.1, 0.15) is 0 Å². The zero-order valence-electron chi connectivity index (χ0n) is 10.8. The summed E-state index contributed by atoms with van der Waals surface area (Å²) in [5.41, 5.74) is 2.72. The van der Waals surface area contributed by atoms with E-state index in [-0.39, 0.29) is 12.0 Å². The molecule has 0 saturated heterocycles. The molecule has 0 saturated carbocycles. The molecule has 0 heterocycles. The van der Waals surface area contributed by atoms with Crippen LogP contribution in [0.5, 0.6) is 0 Å². The summed E-state index contributed by atoms with van der Waals surface area (Å²) in [5.74, 6) is -0.0519. The van der Waals surface area contributed by atoms with Gasteiger partial charge in [-0.15, -0.1) is 0 Å². The van der Waals surface area contributed by atoms with Gasteiger partial charge in [-0.1, -0.05) is 25.1 Å². The molecule has 0 fully saturated rings. The smallest absolute Gasteiger partial charge is 0.251 e. The monoisotopic (exact) mass is 235 g/mol. The highest BCUT2D eigenvalue weighted by atomic mass is 16.3. The van der Waals surface area contributed by atoms with Gasteiger partial charge in [0.05, 0.1) is 6.10 Å². The van der Waals surface area contributed by atoms with Gasteiger partial charge in [-0.05, 0) is 37.8 Å². The van der Waals surface area contributed by atoms with Crippen LogP contribution in [0.25, 0.3) is 0 Å². The van der Waals surface area contributed by atoms with Crippen molar-refractivity contribution in [1.82, 2.24) is 5.32 Å². The van der Waals surface area contributed by atoms with Crippen LogP contribution in [0.1, 0.15) is 41.3 Å². The number of hydrogen-bond donors (Lipinski definition) is 2. The summed E-state index contributed by atoms with van der Waals surface area (Å²) >= 11 is 0. The fraction of sp³-hybridized carbons (Fsp3) is 0.500. The zero-order valence-corrected chi connectivity index (χ0v) is 10.8. The molecule has 1 amide bonds. The van der Waals surface area contributed by atoms with E-state index in [0.29, 0.717) is 13.0 Å². The fourth-order valence-electron chi connectivity index (χ4n) is 1.82. The van der Waals surface area contributed by atoms with E-state index in [1.54, 1.807) is 0 Å². The summed E-state index contributed by atoms with van der Waals surface area (Å²) in [6, 6.07) is 5.81. The highest BCUT2D eigenvalue weighted by molar-refractivity contribution is 5.97. The predicted molar refractivity (Wildman–Crippen MR) is 69.2 cm³/mol. The minimum atomic E-state index is -0.326. The summed E-state index contributed by atoms with van der Waals surface area (Å²) in [4.78, 5) is 12.0. The molecule has 0 radical (unpaired) electrons. The lowest BCUT2D eigenvalue weighted by atomic mass is 10.0. The average Bonchev–Trinajstić information content (AvgIpc) is 2.28. The van der Waals surface area contributed by atoms with Crippen LogP contribution in [0, 0.1) is 13.8 Å². The third-order valence-corrected chi connectivity index (χ3v) is 2.94. The molecular formula is C14H21NO2. The van der Waals surface area contributed by atoms with Crippen LogP contribution >= 0.6 is 0 Å². The van der Waals surface area contributed by atoms with Crippen LogP contribution < -0.4 is 5.32 Å². The normalized spacial score (nSPS) is 12.2. The number of aliphatic hydroxyl groups excluding tert-OH is 1. The Hall–Kier alpha value is -1.35. The van der Waals surface area contributed by atoms with Gasteiger partial charge >= 0.3 is 0 Å². The molecule has 0 aromatic heterocycles. The molecule has 1 aromatic rings. The van der Waals surface area contributed by atoms with Crippen molar-refractivity contribution in [2.75, 3.05) is 6.54 Å². The quantitative estimate of drug-likeness (QED) is 0.822. The number of hydrogen-bond acceptors (Lipinski definition) is 2. The third kappa shape index (κ3) is 3.86. The van der Waals surface area contributed by atoms with Gasteiger partial charge in [-0.2, -0.15) is 0 Å². The van der Waals surface area contributed by atoms with Crippen LogP contribution in [0.4, 0.5) is 0 Å². The summed E-state index contributed by atoms with van der Waals surface area (Å²) < 4.78 is 0. The molecule has 3 heteroatoms. The SMILES string of the molecule is CCC(O)CCNC(=O)c1c(C)cccc1C. The number of aliphatic hydroxyl groups is 1. The van der Waals surface area contributed by atoms with E-state index in [2.05, 4.69) is 5.32 Å². The van der Waals surface area contributed by atoms with Gasteiger partial charge < -0.3 is 10.4 Å². The second kappa shape index (κ2) is 6.40. The summed E-state index contributed by atoms with van der Waals surface area (Å²) in [6.45, 7) is 6.31. The molecule has 3 nitrogen and oxygen atoms in total. The van der Waals surface area contributed by atoms with Crippen LogP contribution in [0.15, 0.2) is 18.2 Å². The Labute approximate surface area is 103 Å². The molecule has 0 aliphatic carbocycles. The molecule has 0 bridgehead atoms.